The minimum Gasteiger partial charge on any atom is -0.496 e. The molecule has 4 rings (SSSR count). The SMILES string of the molecule is COc1ccccc1-c1ccc(C[C@@]2(C(=O)N(C)C)CCN(C(=O)c3cn[nH]c3C)C2)cc1. The highest BCUT2D eigenvalue weighted by atomic mass is 16.5. The van der Waals surface area contributed by atoms with E-state index in [1.165, 1.54) is 0 Å². The average molecular weight is 447 g/mol. The van der Waals surface area contributed by atoms with Crippen molar-refractivity contribution in [3.05, 3.63) is 71.5 Å². The predicted molar refractivity (Wildman–Crippen MR) is 127 cm³/mol. The van der Waals surface area contributed by atoms with Gasteiger partial charge in [-0.15, -0.1) is 0 Å². The van der Waals surface area contributed by atoms with Crippen LogP contribution in [0.4, 0.5) is 0 Å². The number of methoxy groups -OCH3 is 1. The van der Waals surface area contributed by atoms with E-state index in [1.807, 2.05) is 31.2 Å². The fourth-order valence-electron chi connectivity index (χ4n) is 4.73. The van der Waals surface area contributed by atoms with E-state index in [1.54, 1.807) is 37.2 Å². The Morgan fingerprint density at radius 1 is 1.15 bits per heavy atom. The molecule has 0 unspecified atom stereocenters. The zero-order valence-electron chi connectivity index (χ0n) is 19.6. The first-order valence-corrected chi connectivity index (χ1v) is 11.1. The number of carbonyl (C=O) groups is 2. The smallest absolute Gasteiger partial charge is 0.257 e. The molecular weight excluding hydrogens is 416 g/mol. The summed E-state index contributed by atoms with van der Waals surface area (Å²) in [4.78, 5) is 29.8. The number of H-pyrrole nitrogens is 1. The van der Waals surface area contributed by atoms with Crippen LogP contribution in [-0.4, -0.2) is 66.1 Å². The molecule has 7 heteroatoms. The Kier molecular flexibility index (Phi) is 6.22. The molecule has 33 heavy (non-hydrogen) atoms. The lowest BCUT2D eigenvalue weighted by Gasteiger charge is -2.31. The highest BCUT2D eigenvalue weighted by molar-refractivity contribution is 5.96. The number of hydrogen-bond acceptors (Lipinski definition) is 4. The van der Waals surface area contributed by atoms with E-state index in [2.05, 4.69) is 34.5 Å². The molecule has 0 bridgehead atoms. The number of likely N-dealkylation sites (tertiary alicyclic amines) is 1. The van der Waals surface area contributed by atoms with Gasteiger partial charge in [0.1, 0.15) is 5.75 Å². The maximum Gasteiger partial charge on any atom is 0.257 e. The molecule has 7 nitrogen and oxygen atoms in total. The van der Waals surface area contributed by atoms with Gasteiger partial charge in [0.15, 0.2) is 0 Å². The van der Waals surface area contributed by atoms with Crippen molar-refractivity contribution in [2.24, 2.45) is 5.41 Å². The van der Waals surface area contributed by atoms with E-state index < -0.39 is 5.41 Å². The van der Waals surface area contributed by atoms with Gasteiger partial charge in [-0.2, -0.15) is 5.10 Å². The highest BCUT2D eigenvalue weighted by Crippen LogP contribution is 2.37. The Morgan fingerprint density at radius 3 is 2.52 bits per heavy atom. The number of carbonyl (C=O) groups excluding carboxylic acids is 2. The third-order valence-corrected chi connectivity index (χ3v) is 6.48. The summed E-state index contributed by atoms with van der Waals surface area (Å²) >= 11 is 0. The van der Waals surface area contributed by atoms with Crippen molar-refractivity contribution < 1.29 is 14.3 Å². The van der Waals surface area contributed by atoms with Crippen molar-refractivity contribution in [2.75, 3.05) is 34.3 Å². The summed E-state index contributed by atoms with van der Waals surface area (Å²) in [5, 5.41) is 6.79. The molecule has 1 fully saturated rings. The Morgan fingerprint density at radius 2 is 1.88 bits per heavy atom. The minimum absolute atomic E-state index is 0.0514. The third-order valence-electron chi connectivity index (χ3n) is 6.48. The molecule has 1 atom stereocenters. The fraction of sp³-hybridized carbons (Fsp3) is 0.346. The Balaban J connectivity index is 1.58. The lowest BCUT2D eigenvalue weighted by Crippen LogP contribution is -2.44. The molecule has 172 valence electrons. The van der Waals surface area contributed by atoms with Crippen molar-refractivity contribution in [1.29, 1.82) is 0 Å². The molecule has 1 aliphatic heterocycles. The molecule has 2 amide bonds. The van der Waals surface area contributed by atoms with Crippen LogP contribution < -0.4 is 4.74 Å². The van der Waals surface area contributed by atoms with Crippen LogP contribution in [0, 0.1) is 12.3 Å². The molecule has 0 radical (unpaired) electrons. The number of aromatic nitrogens is 2. The van der Waals surface area contributed by atoms with Crippen LogP contribution in [0.2, 0.25) is 0 Å². The second-order valence-electron chi connectivity index (χ2n) is 8.94. The van der Waals surface area contributed by atoms with Crippen molar-refractivity contribution in [3.63, 3.8) is 0 Å². The van der Waals surface area contributed by atoms with Crippen LogP contribution >= 0.6 is 0 Å². The van der Waals surface area contributed by atoms with E-state index >= 15 is 0 Å². The van der Waals surface area contributed by atoms with Gasteiger partial charge in [-0.25, -0.2) is 0 Å². The third kappa shape index (κ3) is 4.35. The fourth-order valence-corrected chi connectivity index (χ4v) is 4.73. The van der Waals surface area contributed by atoms with Crippen LogP contribution in [0.5, 0.6) is 5.75 Å². The van der Waals surface area contributed by atoms with Gasteiger partial charge in [0.2, 0.25) is 5.91 Å². The minimum atomic E-state index is -0.650. The van der Waals surface area contributed by atoms with Crippen LogP contribution in [0.25, 0.3) is 11.1 Å². The number of rotatable bonds is 6. The quantitative estimate of drug-likeness (QED) is 0.628. The van der Waals surface area contributed by atoms with E-state index in [4.69, 9.17) is 4.74 Å². The molecule has 2 heterocycles. The highest BCUT2D eigenvalue weighted by Gasteiger charge is 2.47. The number of aryl methyl sites for hydroxylation is 1. The lowest BCUT2D eigenvalue weighted by atomic mass is 9.79. The summed E-state index contributed by atoms with van der Waals surface area (Å²) in [6.45, 7) is 2.77. The largest absolute Gasteiger partial charge is 0.496 e. The maximum absolute atomic E-state index is 13.3. The van der Waals surface area contributed by atoms with E-state index in [-0.39, 0.29) is 11.8 Å². The first-order valence-electron chi connectivity index (χ1n) is 11.1. The Labute approximate surface area is 194 Å². The topological polar surface area (TPSA) is 78.5 Å². The van der Waals surface area contributed by atoms with Crippen molar-refractivity contribution in [3.8, 4) is 16.9 Å². The molecule has 1 aliphatic rings. The molecule has 1 saturated heterocycles. The Bertz CT molecular complexity index is 1150. The monoisotopic (exact) mass is 446 g/mol. The molecule has 0 spiro atoms. The number of aromatic amines is 1. The van der Waals surface area contributed by atoms with E-state index in [0.717, 1.165) is 28.1 Å². The van der Waals surface area contributed by atoms with Crippen molar-refractivity contribution >= 4 is 11.8 Å². The average Bonchev–Trinajstić information content (AvgIpc) is 3.45. The first kappa shape index (κ1) is 22.6. The lowest BCUT2D eigenvalue weighted by molar-refractivity contribution is -0.138. The second kappa shape index (κ2) is 9.10. The van der Waals surface area contributed by atoms with Crippen molar-refractivity contribution in [1.82, 2.24) is 20.0 Å². The summed E-state index contributed by atoms with van der Waals surface area (Å²) in [5.74, 6) is 0.792. The second-order valence-corrected chi connectivity index (χ2v) is 8.94. The number of para-hydroxylation sites is 1. The molecule has 1 aromatic heterocycles. The molecule has 2 aromatic carbocycles. The van der Waals surface area contributed by atoms with Gasteiger partial charge in [-0.3, -0.25) is 14.7 Å². The molecule has 0 aliphatic carbocycles. The van der Waals surface area contributed by atoms with Gasteiger partial charge >= 0.3 is 0 Å². The first-order chi connectivity index (χ1) is 15.8. The number of benzene rings is 2. The van der Waals surface area contributed by atoms with Gasteiger partial charge in [-0.05, 0) is 37.0 Å². The maximum atomic E-state index is 13.3. The summed E-state index contributed by atoms with van der Waals surface area (Å²) in [7, 11) is 5.22. The molecule has 3 aromatic rings. The normalized spacial score (nSPS) is 17.8. The number of hydrogen-bond donors (Lipinski definition) is 1. The molecular formula is C26H30N4O3. The zero-order chi connectivity index (χ0) is 23.6. The van der Waals surface area contributed by atoms with E-state index in [9.17, 15) is 9.59 Å². The van der Waals surface area contributed by atoms with Crippen molar-refractivity contribution in [2.45, 2.75) is 19.8 Å². The van der Waals surface area contributed by atoms with E-state index in [0.29, 0.717) is 31.5 Å². The number of amides is 2. The van der Waals surface area contributed by atoms with Gasteiger partial charge in [0.25, 0.3) is 5.91 Å². The number of nitrogens with one attached hydrogen (secondary N) is 1. The zero-order valence-corrected chi connectivity index (χ0v) is 19.6. The number of nitrogens with zero attached hydrogens (tertiary/aromatic N) is 3. The predicted octanol–water partition coefficient (Wildman–Crippen LogP) is 3.56. The van der Waals surface area contributed by atoms with Crippen LogP contribution in [0.15, 0.2) is 54.7 Å². The van der Waals surface area contributed by atoms with Gasteiger partial charge in [0, 0.05) is 38.4 Å². The van der Waals surface area contributed by atoms with Crippen LogP contribution in [0.1, 0.15) is 28.0 Å². The van der Waals surface area contributed by atoms with Crippen LogP contribution in [0.3, 0.4) is 0 Å². The van der Waals surface area contributed by atoms with Crippen LogP contribution in [-0.2, 0) is 11.2 Å². The summed E-state index contributed by atoms with van der Waals surface area (Å²) < 4.78 is 5.49. The van der Waals surface area contributed by atoms with Gasteiger partial charge in [-0.1, -0.05) is 42.5 Å². The number of ether oxygens (including phenoxy) is 1. The summed E-state index contributed by atoms with van der Waals surface area (Å²) in [6, 6.07) is 16.2. The molecule has 0 saturated carbocycles. The van der Waals surface area contributed by atoms with Gasteiger partial charge < -0.3 is 14.5 Å². The van der Waals surface area contributed by atoms with Gasteiger partial charge in [0.05, 0.1) is 24.3 Å². The summed E-state index contributed by atoms with van der Waals surface area (Å²) in [5.41, 5.74) is 3.80. The molecule has 1 N–H and O–H groups in total. The summed E-state index contributed by atoms with van der Waals surface area (Å²) in [6.07, 6.45) is 2.76. The standard InChI is InChI=1S/C26H30N4O3/c1-18-22(16-27-28-18)24(31)30-14-13-26(17-30,25(32)29(2)3)15-19-9-11-20(12-10-19)21-7-5-6-8-23(21)33-4/h5-12,16H,13-15,17H2,1-4H3,(H,27,28)/t26-/m0/s1. The Hall–Kier alpha value is -3.61.